The summed E-state index contributed by atoms with van der Waals surface area (Å²) in [6, 6.07) is 19.3. The average molecular weight is 367 g/mol. The van der Waals surface area contributed by atoms with Crippen molar-refractivity contribution in [3.8, 4) is 0 Å². The van der Waals surface area contributed by atoms with Gasteiger partial charge in [0.1, 0.15) is 5.15 Å². The topological polar surface area (TPSA) is 50.2 Å². The Balaban J connectivity index is 1.83. The van der Waals surface area contributed by atoms with Crippen LogP contribution in [-0.4, -0.2) is 15.7 Å². The van der Waals surface area contributed by atoms with Crippen LogP contribution in [0, 0.1) is 6.92 Å². The van der Waals surface area contributed by atoms with E-state index in [4.69, 9.17) is 11.6 Å². The van der Waals surface area contributed by atoms with Crippen molar-refractivity contribution in [1.82, 2.24) is 15.2 Å². The summed E-state index contributed by atoms with van der Waals surface area (Å²) in [5, 5.41) is 6.47. The normalized spacial score (nSPS) is 10.9. The van der Waals surface area contributed by atoms with Gasteiger partial charge >= 0.3 is 0 Å². The number of hydrogen-bond donors (Lipinski definition) is 1. The molecule has 1 N–H and O–H groups in total. The molecule has 0 saturated heterocycles. The highest BCUT2D eigenvalue weighted by molar-refractivity contribution is 6.31. The van der Waals surface area contributed by atoms with E-state index in [1.54, 1.807) is 22.8 Å². The van der Waals surface area contributed by atoms with Crippen LogP contribution >= 0.6 is 11.6 Å². The average Bonchev–Trinajstić information content (AvgIpc) is 2.91. The third-order valence-electron chi connectivity index (χ3n) is 3.85. The van der Waals surface area contributed by atoms with Gasteiger partial charge in [0, 0.05) is 18.7 Å². The van der Waals surface area contributed by atoms with Crippen LogP contribution in [0.1, 0.15) is 11.3 Å². The van der Waals surface area contributed by atoms with Gasteiger partial charge in [-0.3, -0.25) is 19.9 Å². The van der Waals surface area contributed by atoms with Gasteiger partial charge in [0.05, 0.1) is 17.1 Å². The SMILES string of the molecule is Cc1nn(C)c(Cl)c1C=CC(=O)NN(c1ccccc1)c1ccccc1. The summed E-state index contributed by atoms with van der Waals surface area (Å²) in [5.74, 6) is -0.267. The zero-order chi connectivity index (χ0) is 18.5. The van der Waals surface area contributed by atoms with E-state index in [1.807, 2.05) is 67.6 Å². The summed E-state index contributed by atoms with van der Waals surface area (Å²) in [6.45, 7) is 1.85. The number of halogens is 1. The predicted molar refractivity (Wildman–Crippen MR) is 105 cm³/mol. The van der Waals surface area contributed by atoms with Gasteiger partial charge in [-0.15, -0.1) is 0 Å². The van der Waals surface area contributed by atoms with Crippen LogP contribution in [0.3, 0.4) is 0 Å². The first kappa shape index (κ1) is 17.8. The molecule has 0 spiro atoms. The number of carbonyl (C=O) groups is 1. The van der Waals surface area contributed by atoms with Crippen LogP contribution in [-0.2, 0) is 11.8 Å². The van der Waals surface area contributed by atoms with Crippen molar-refractivity contribution in [1.29, 1.82) is 0 Å². The summed E-state index contributed by atoms with van der Waals surface area (Å²) >= 11 is 6.20. The maximum absolute atomic E-state index is 12.5. The van der Waals surface area contributed by atoms with Gasteiger partial charge < -0.3 is 0 Å². The second kappa shape index (κ2) is 7.89. The lowest BCUT2D eigenvalue weighted by molar-refractivity contribution is -0.116. The Kier molecular flexibility index (Phi) is 5.39. The van der Waals surface area contributed by atoms with Gasteiger partial charge in [0.15, 0.2) is 0 Å². The van der Waals surface area contributed by atoms with Gasteiger partial charge in [-0.2, -0.15) is 5.10 Å². The number of nitrogens with zero attached hydrogens (tertiary/aromatic N) is 3. The lowest BCUT2D eigenvalue weighted by Crippen LogP contribution is -2.37. The van der Waals surface area contributed by atoms with Crippen LogP contribution in [0.25, 0.3) is 6.08 Å². The highest BCUT2D eigenvalue weighted by Gasteiger charge is 2.12. The van der Waals surface area contributed by atoms with E-state index in [0.29, 0.717) is 5.15 Å². The van der Waals surface area contributed by atoms with Gasteiger partial charge in [0.25, 0.3) is 5.91 Å². The van der Waals surface area contributed by atoms with E-state index in [9.17, 15) is 4.79 Å². The molecule has 0 radical (unpaired) electrons. The summed E-state index contributed by atoms with van der Waals surface area (Å²) in [6.07, 6.45) is 3.13. The minimum atomic E-state index is -0.267. The molecule has 3 aromatic rings. The number of amides is 1. The number of para-hydroxylation sites is 2. The van der Waals surface area contributed by atoms with E-state index in [0.717, 1.165) is 22.6 Å². The molecule has 0 atom stereocenters. The molecule has 0 bridgehead atoms. The highest BCUT2D eigenvalue weighted by atomic mass is 35.5. The van der Waals surface area contributed by atoms with Crippen molar-refractivity contribution < 1.29 is 4.79 Å². The van der Waals surface area contributed by atoms with Crippen LogP contribution < -0.4 is 10.4 Å². The summed E-state index contributed by atoms with van der Waals surface area (Å²) in [5.41, 5.74) is 6.12. The molecule has 3 rings (SSSR count). The van der Waals surface area contributed by atoms with Gasteiger partial charge in [-0.25, -0.2) is 0 Å². The van der Waals surface area contributed by atoms with Crippen molar-refractivity contribution in [2.45, 2.75) is 6.92 Å². The number of anilines is 2. The molecule has 0 unspecified atom stereocenters. The largest absolute Gasteiger partial charge is 0.268 e. The fraction of sp³-hybridized carbons (Fsp3) is 0.100. The van der Waals surface area contributed by atoms with E-state index in [-0.39, 0.29) is 5.91 Å². The Morgan fingerprint density at radius 2 is 1.62 bits per heavy atom. The molecule has 1 heterocycles. The third-order valence-corrected chi connectivity index (χ3v) is 4.30. The molecule has 2 aromatic carbocycles. The van der Waals surface area contributed by atoms with Crippen LogP contribution in [0.15, 0.2) is 66.7 Å². The van der Waals surface area contributed by atoms with Crippen molar-refractivity contribution in [2.75, 3.05) is 5.01 Å². The molecule has 1 amide bonds. The number of nitrogens with one attached hydrogen (secondary N) is 1. The molecule has 0 aliphatic carbocycles. The summed E-state index contributed by atoms with van der Waals surface area (Å²) < 4.78 is 1.58. The Morgan fingerprint density at radius 1 is 1.08 bits per heavy atom. The number of aromatic nitrogens is 2. The standard InChI is InChI=1S/C20H19ClN4O/c1-15-18(20(21)24(2)22-15)13-14-19(26)23-25(16-9-5-3-6-10-16)17-11-7-4-8-12-17/h3-14H,1-2H3,(H,23,26). The maximum Gasteiger partial charge on any atom is 0.262 e. The number of aryl methyl sites for hydroxylation is 2. The van der Waals surface area contributed by atoms with Crippen molar-refractivity contribution in [3.05, 3.63) is 83.2 Å². The lowest BCUT2D eigenvalue weighted by atomic mass is 10.2. The number of hydrazine groups is 1. The number of rotatable bonds is 5. The molecule has 0 aliphatic heterocycles. The first-order chi connectivity index (χ1) is 12.6. The molecule has 0 aliphatic rings. The molecule has 0 fully saturated rings. The monoisotopic (exact) mass is 366 g/mol. The molecule has 5 nitrogen and oxygen atoms in total. The van der Waals surface area contributed by atoms with Crippen molar-refractivity contribution in [2.24, 2.45) is 7.05 Å². The maximum atomic E-state index is 12.5. The van der Waals surface area contributed by atoms with Gasteiger partial charge in [0.2, 0.25) is 0 Å². The Bertz CT molecular complexity index is 880. The Labute approximate surface area is 157 Å². The smallest absolute Gasteiger partial charge is 0.262 e. The highest BCUT2D eigenvalue weighted by Crippen LogP contribution is 2.23. The lowest BCUT2D eigenvalue weighted by Gasteiger charge is -2.24. The fourth-order valence-corrected chi connectivity index (χ4v) is 2.81. The molecular formula is C20H19ClN4O. The van der Waals surface area contributed by atoms with Crippen molar-refractivity contribution in [3.63, 3.8) is 0 Å². The quantitative estimate of drug-likeness (QED) is 0.542. The first-order valence-corrected chi connectivity index (χ1v) is 8.52. The van der Waals surface area contributed by atoms with Gasteiger partial charge in [-0.1, -0.05) is 48.0 Å². The molecule has 6 heteroatoms. The van der Waals surface area contributed by atoms with E-state index in [2.05, 4.69) is 10.5 Å². The Morgan fingerprint density at radius 3 is 2.08 bits per heavy atom. The minimum absolute atomic E-state index is 0.267. The second-order valence-corrected chi connectivity index (χ2v) is 6.09. The Hall–Kier alpha value is -3.05. The predicted octanol–water partition coefficient (Wildman–Crippen LogP) is 4.26. The van der Waals surface area contributed by atoms with Gasteiger partial charge in [-0.05, 0) is 37.3 Å². The number of hydrogen-bond acceptors (Lipinski definition) is 3. The molecule has 132 valence electrons. The first-order valence-electron chi connectivity index (χ1n) is 8.14. The van der Waals surface area contributed by atoms with Crippen LogP contribution in [0.5, 0.6) is 0 Å². The molecular weight excluding hydrogens is 348 g/mol. The third kappa shape index (κ3) is 3.95. The van der Waals surface area contributed by atoms with E-state index < -0.39 is 0 Å². The van der Waals surface area contributed by atoms with E-state index >= 15 is 0 Å². The van der Waals surface area contributed by atoms with Crippen LogP contribution in [0.2, 0.25) is 5.15 Å². The second-order valence-electron chi connectivity index (χ2n) is 5.73. The zero-order valence-electron chi connectivity index (χ0n) is 14.6. The summed E-state index contributed by atoms with van der Waals surface area (Å²) in [7, 11) is 1.76. The fourth-order valence-electron chi connectivity index (χ4n) is 2.57. The van der Waals surface area contributed by atoms with Crippen molar-refractivity contribution >= 4 is 35.0 Å². The molecule has 26 heavy (non-hydrogen) atoms. The summed E-state index contributed by atoms with van der Waals surface area (Å²) in [4.78, 5) is 12.5. The number of carbonyl (C=O) groups excluding carboxylic acids is 1. The zero-order valence-corrected chi connectivity index (χ0v) is 15.3. The van der Waals surface area contributed by atoms with E-state index in [1.165, 1.54) is 6.08 Å². The minimum Gasteiger partial charge on any atom is -0.268 e. The van der Waals surface area contributed by atoms with Crippen LogP contribution in [0.4, 0.5) is 11.4 Å². The molecule has 1 aromatic heterocycles. The molecule has 0 saturated carbocycles. The number of benzene rings is 2.